The number of pyridine rings is 1. The lowest BCUT2D eigenvalue weighted by atomic mass is 10.2. The zero-order valence-corrected chi connectivity index (χ0v) is 9.62. The standard InChI is InChI=1S/C10H13N5O2/c1-7(5-11)6-14(2)10-4-8(15(16)17)3-9(12)13-10/h3-4,7H,6H2,1-2H3,(H2,12,13). The highest BCUT2D eigenvalue weighted by Gasteiger charge is 2.14. The second-order valence-electron chi connectivity index (χ2n) is 3.78. The van der Waals surface area contributed by atoms with E-state index < -0.39 is 4.92 Å². The van der Waals surface area contributed by atoms with Crippen LogP contribution in [0.3, 0.4) is 0 Å². The van der Waals surface area contributed by atoms with Gasteiger partial charge in [-0.25, -0.2) is 4.98 Å². The van der Waals surface area contributed by atoms with Gasteiger partial charge in [-0.05, 0) is 6.92 Å². The lowest BCUT2D eigenvalue weighted by Gasteiger charge is -2.19. The van der Waals surface area contributed by atoms with Crippen LogP contribution >= 0.6 is 0 Å². The van der Waals surface area contributed by atoms with Gasteiger partial charge in [0.25, 0.3) is 5.69 Å². The molecule has 0 saturated carbocycles. The molecule has 0 saturated heterocycles. The van der Waals surface area contributed by atoms with E-state index >= 15 is 0 Å². The molecule has 1 aromatic heterocycles. The summed E-state index contributed by atoms with van der Waals surface area (Å²) >= 11 is 0. The quantitative estimate of drug-likeness (QED) is 0.619. The lowest BCUT2D eigenvalue weighted by Crippen LogP contribution is -2.24. The van der Waals surface area contributed by atoms with E-state index in [9.17, 15) is 10.1 Å². The molecule has 17 heavy (non-hydrogen) atoms. The average Bonchev–Trinajstić information content (AvgIpc) is 2.27. The van der Waals surface area contributed by atoms with Gasteiger partial charge >= 0.3 is 0 Å². The molecule has 1 unspecified atom stereocenters. The molecule has 90 valence electrons. The van der Waals surface area contributed by atoms with Gasteiger partial charge in [-0.15, -0.1) is 0 Å². The molecule has 0 bridgehead atoms. The summed E-state index contributed by atoms with van der Waals surface area (Å²) in [7, 11) is 1.71. The maximum Gasteiger partial charge on any atom is 0.276 e. The summed E-state index contributed by atoms with van der Waals surface area (Å²) in [5.41, 5.74) is 5.38. The predicted octanol–water partition coefficient (Wildman–Crippen LogP) is 1.17. The van der Waals surface area contributed by atoms with Crippen LogP contribution in [-0.4, -0.2) is 23.5 Å². The van der Waals surface area contributed by atoms with Crippen molar-refractivity contribution in [2.45, 2.75) is 6.92 Å². The first-order chi connectivity index (χ1) is 7.93. The van der Waals surface area contributed by atoms with Crippen molar-refractivity contribution >= 4 is 17.3 Å². The summed E-state index contributed by atoms with van der Waals surface area (Å²) in [6.07, 6.45) is 0. The molecule has 0 amide bonds. The minimum absolute atomic E-state index is 0.0886. The number of nitro groups is 1. The number of nitrogens with two attached hydrogens (primary N) is 1. The lowest BCUT2D eigenvalue weighted by molar-refractivity contribution is -0.384. The molecule has 0 aliphatic heterocycles. The van der Waals surface area contributed by atoms with E-state index in [1.807, 2.05) is 0 Å². The van der Waals surface area contributed by atoms with Crippen molar-refractivity contribution < 1.29 is 4.92 Å². The van der Waals surface area contributed by atoms with Crippen molar-refractivity contribution in [1.29, 1.82) is 5.26 Å². The Morgan fingerprint density at radius 3 is 2.88 bits per heavy atom. The molecule has 1 heterocycles. The first-order valence-corrected chi connectivity index (χ1v) is 4.96. The Labute approximate surface area is 98.6 Å². The fourth-order valence-electron chi connectivity index (χ4n) is 1.37. The zero-order valence-electron chi connectivity index (χ0n) is 9.62. The van der Waals surface area contributed by atoms with Gasteiger partial charge in [0.05, 0.1) is 29.0 Å². The Bertz CT molecular complexity index is 468. The number of anilines is 2. The highest BCUT2D eigenvalue weighted by atomic mass is 16.6. The van der Waals surface area contributed by atoms with Crippen LogP contribution in [0.25, 0.3) is 0 Å². The van der Waals surface area contributed by atoms with Crippen LogP contribution in [0.5, 0.6) is 0 Å². The van der Waals surface area contributed by atoms with Gasteiger partial charge in [0.2, 0.25) is 0 Å². The molecule has 7 nitrogen and oxygen atoms in total. The summed E-state index contributed by atoms with van der Waals surface area (Å²) in [5.74, 6) is 0.284. The SMILES string of the molecule is CC(C#N)CN(C)c1cc([N+](=O)[O-])cc(N)n1. The molecule has 0 radical (unpaired) electrons. The highest BCUT2D eigenvalue weighted by Crippen LogP contribution is 2.21. The molecule has 0 aliphatic rings. The topological polar surface area (TPSA) is 109 Å². The molecule has 0 fully saturated rings. The van der Waals surface area contributed by atoms with Gasteiger partial charge in [-0.3, -0.25) is 10.1 Å². The summed E-state index contributed by atoms with van der Waals surface area (Å²) < 4.78 is 0. The summed E-state index contributed by atoms with van der Waals surface area (Å²) in [6, 6.07) is 4.62. The average molecular weight is 235 g/mol. The number of hydrogen-bond donors (Lipinski definition) is 1. The molecule has 1 rings (SSSR count). The maximum atomic E-state index is 10.7. The highest BCUT2D eigenvalue weighted by molar-refractivity contribution is 5.53. The minimum atomic E-state index is -0.525. The van der Waals surface area contributed by atoms with Gasteiger partial charge in [-0.2, -0.15) is 5.26 Å². The maximum absolute atomic E-state index is 10.7. The number of nitrogen functional groups attached to an aromatic ring is 1. The number of nitriles is 1. The van der Waals surface area contributed by atoms with Gasteiger partial charge in [0.15, 0.2) is 0 Å². The van der Waals surface area contributed by atoms with E-state index in [4.69, 9.17) is 11.0 Å². The zero-order chi connectivity index (χ0) is 13.0. The Hall–Kier alpha value is -2.36. The third kappa shape index (κ3) is 3.31. The minimum Gasteiger partial charge on any atom is -0.383 e. The van der Waals surface area contributed by atoms with Crippen molar-refractivity contribution in [2.24, 2.45) is 5.92 Å². The van der Waals surface area contributed by atoms with Gasteiger partial charge in [0, 0.05) is 13.6 Å². The number of aromatic nitrogens is 1. The van der Waals surface area contributed by atoms with Crippen LogP contribution in [0, 0.1) is 27.4 Å². The second-order valence-corrected chi connectivity index (χ2v) is 3.78. The number of hydrogen-bond acceptors (Lipinski definition) is 6. The molecular formula is C10H13N5O2. The number of rotatable bonds is 4. The Morgan fingerprint density at radius 1 is 1.71 bits per heavy atom. The van der Waals surface area contributed by atoms with Crippen LogP contribution in [0.15, 0.2) is 12.1 Å². The van der Waals surface area contributed by atoms with Crippen molar-refractivity contribution in [3.8, 4) is 6.07 Å². The van der Waals surface area contributed by atoms with Crippen molar-refractivity contribution in [1.82, 2.24) is 4.98 Å². The largest absolute Gasteiger partial charge is 0.383 e. The third-order valence-corrected chi connectivity index (χ3v) is 2.19. The van der Waals surface area contributed by atoms with Crippen LogP contribution in [-0.2, 0) is 0 Å². The summed E-state index contributed by atoms with van der Waals surface area (Å²) in [4.78, 5) is 15.8. The van der Waals surface area contributed by atoms with Gasteiger partial charge in [-0.1, -0.05) is 0 Å². The van der Waals surface area contributed by atoms with E-state index in [0.29, 0.717) is 12.4 Å². The normalized spacial score (nSPS) is 11.6. The van der Waals surface area contributed by atoms with Crippen molar-refractivity contribution in [3.63, 3.8) is 0 Å². The number of nitrogens with zero attached hydrogens (tertiary/aromatic N) is 4. The smallest absolute Gasteiger partial charge is 0.276 e. The Kier molecular flexibility index (Phi) is 3.82. The molecule has 7 heteroatoms. The van der Waals surface area contributed by atoms with Crippen LogP contribution in [0.1, 0.15) is 6.92 Å². The summed E-state index contributed by atoms with van der Waals surface area (Å²) in [5, 5.41) is 19.4. The van der Waals surface area contributed by atoms with Crippen LogP contribution in [0.2, 0.25) is 0 Å². The van der Waals surface area contributed by atoms with Crippen molar-refractivity contribution in [3.05, 3.63) is 22.2 Å². The van der Waals surface area contributed by atoms with Gasteiger partial charge in [0.1, 0.15) is 11.6 Å². The molecule has 1 aromatic rings. The van der Waals surface area contributed by atoms with E-state index in [2.05, 4.69) is 11.1 Å². The predicted molar refractivity (Wildman–Crippen MR) is 63.4 cm³/mol. The Morgan fingerprint density at radius 2 is 2.35 bits per heavy atom. The van der Waals surface area contributed by atoms with Gasteiger partial charge < -0.3 is 10.6 Å². The van der Waals surface area contributed by atoms with Crippen LogP contribution < -0.4 is 10.6 Å². The van der Waals surface area contributed by atoms with E-state index in [0.717, 1.165) is 0 Å². The molecular weight excluding hydrogens is 222 g/mol. The fraction of sp³-hybridized carbons (Fsp3) is 0.400. The molecule has 0 spiro atoms. The first kappa shape index (κ1) is 12.7. The van der Waals surface area contributed by atoms with E-state index in [1.165, 1.54) is 12.1 Å². The summed E-state index contributed by atoms with van der Waals surface area (Å²) in [6.45, 7) is 2.20. The fourth-order valence-corrected chi connectivity index (χ4v) is 1.37. The van der Waals surface area contributed by atoms with Crippen molar-refractivity contribution in [2.75, 3.05) is 24.2 Å². The molecule has 0 aromatic carbocycles. The molecule has 1 atom stereocenters. The monoisotopic (exact) mass is 235 g/mol. The second kappa shape index (κ2) is 5.12. The third-order valence-electron chi connectivity index (χ3n) is 2.19. The molecule has 2 N–H and O–H groups in total. The molecule has 0 aliphatic carbocycles. The van der Waals surface area contributed by atoms with E-state index in [-0.39, 0.29) is 17.4 Å². The Balaban J connectivity index is 2.98. The first-order valence-electron chi connectivity index (χ1n) is 4.96. The van der Waals surface area contributed by atoms with E-state index in [1.54, 1.807) is 18.9 Å². The van der Waals surface area contributed by atoms with Crippen LogP contribution in [0.4, 0.5) is 17.3 Å².